The summed E-state index contributed by atoms with van der Waals surface area (Å²) in [7, 11) is 1.58. The normalized spacial score (nSPS) is 15.2. The molecule has 6 heteroatoms. The molecule has 1 saturated carbocycles. The molecular weight excluding hydrogens is 328 g/mol. The first-order valence-electron chi connectivity index (χ1n) is 9.20. The van der Waals surface area contributed by atoms with Gasteiger partial charge in [-0.25, -0.2) is 9.97 Å². The van der Waals surface area contributed by atoms with E-state index in [1.807, 2.05) is 25.1 Å². The molecule has 2 N–H and O–H groups in total. The number of carbonyl (C=O) groups is 1. The number of hydrogen-bond acceptors (Lipinski definition) is 5. The van der Waals surface area contributed by atoms with Crippen LogP contribution in [0.15, 0.2) is 30.6 Å². The maximum absolute atomic E-state index is 12.5. The minimum Gasteiger partial charge on any atom is -0.495 e. The van der Waals surface area contributed by atoms with E-state index in [1.54, 1.807) is 13.3 Å². The van der Waals surface area contributed by atoms with Gasteiger partial charge in [0.25, 0.3) is 5.91 Å². The lowest BCUT2D eigenvalue weighted by Gasteiger charge is -2.16. The van der Waals surface area contributed by atoms with Crippen LogP contribution in [0, 0.1) is 6.92 Å². The second kappa shape index (κ2) is 8.65. The van der Waals surface area contributed by atoms with Crippen molar-refractivity contribution in [2.24, 2.45) is 0 Å². The van der Waals surface area contributed by atoms with Crippen molar-refractivity contribution in [1.29, 1.82) is 0 Å². The lowest BCUT2D eigenvalue weighted by atomic mass is 10.1. The zero-order chi connectivity index (χ0) is 18.4. The molecule has 1 aliphatic rings. The van der Waals surface area contributed by atoms with Crippen molar-refractivity contribution in [3.63, 3.8) is 0 Å². The van der Waals surface area contributed by atoms with E-state index in [0.29, 0.717) is 17.5 Å². The number of nitrogens with one attached hydrogen (secondary N) is 2. The van der Waals surface area contributed by atoms with Gasteiger partial charge in [-0.2, -0.15) is 0 Å². The predicted octanol–water partition coefficient (Wildman–Crippen LogP) is 4.18. The first-order chi connectivity index (χ1) is 12.7. The van der Waals surface area contributed by atoms with Gasteiger partial charge in [-0.3, -0.25) is 4.79 Å². The maximum atomic E-state index is 12.5. The van der Waals surface area contributed by atoms with Crippen LogP contribution in [0.3, 0.4) is 0 Å². The summed E-state index contributed by atoms with van der Waals surface area (Å²) < 4.78 is 5.29. The van der Waals surface area contributed by atoms with Gasteiger partial charge in [-0.15, -0.1) is 0 Å². The summed E-state index contributed by atoms with van der Waals surface area (Å²) in [6, 6.07) is 6.08. The number of aromatic nitrogens is 2. The molecule has 1 aromatic heterocycles. The van der Waals surface area contributed by atoms with Gasteiger partial charge in [-0.05, 0) is 37.5 Å². The second-order valence-electron chi connectivity index (χ2n) is 6.78. The number of aryl methyl sites for hydroxylation is 1. The van der Waals surface area contributed by atoms with Crippen LogP contribution in [-0.2, 0) is 0 Å². The fourth-order valence-electron chi connectivity index (χ4n) is 3.26. The standard InChI is InChI=1S/C20H26N4O2/c1-14-9-10-18(26-2)16(11-14)24-20(25)17-12-22-19(13-21-17)23-15-7-5-3-4-6-8-15/h9-13,15H,3-8H2,1-2H3,(H,22,23)(H,24,25). The number of hydrogen-bond donors (Lipinski definition) is 2. The molecule has 0 atom stereocenters. The van der Waals surface area contributed by atoms with Crippen molar-refractivity contribution in [1.82, 2.24) is 9.97 Å². The number of carbonyl (C=O) groups excluding carboxylic acids is 1. The van der Waals surface area contributed by atoms with Gasteiger partial charge < -0.3 is 15.4 Å². The molecule has 3 rings (SSSR count). The highest BCUT2D eigenvalue weighted by Crippen LogP contribution is 2.25. The zero-order valence-corrected chi connectivity index (χ0v) is 15.4. The molecule has 0 radical (unpaired) electrons. The third-order valence-electron chi connectivity index (χ3n) is 4.69. The molecule has 138 valence electrons. The van der Waals surface area contributed by atoms with E-state index in [-0.39, 0.29) is 11.6 Å². The number of rotatable bonds is 5. The fraction of sp³-hybridized carbons (Fsp3) is 0.450. The highest BCUT2D eigenvalue weighted by atomic mass is 16.5. The Morgan fingerprint density at radius 1 is 1.12 bits per heavy atom. The molecular formula is C20H26N4O2. The Balaban J connectivity index is 1.64. The van der Waals surface area contributed by atoms with Crippen molar-refractivity contribution in [3.05, 3.63) is 41.9 Å². The molecule has 1 heterocycles. The minimum atomic E-state index is -0.303. The van der Waals surface area contributed by atoms with Crippen molar-refractivity contribution in [2.75, 3.05) is 17.7 Å². The molecule has 0 spiro atoms. The summed E-state index contributed by atoms with van der Waals surface area (Å²) >= 11 is 0. The summed E-state index contributed by atoms with van der Waals surface area (Å²) in [6.07, 6.45) is 10.6. The summed E-state index contributed by atoms with van der Waals surface area (Å²) in [5.41, 5.74) is 1.94. The Morgan fingerprint density at radius 3 is 2.54 bits per heavy atom. The third kappa shape index (κ3) is 4.71. The van der Waals surface area contributed by atoms with Gasteiger partial charge in [-0.1, -0.05) is 31.7 Å². The van der Waals surface area contributed by atoms with Gasteiger partial charge in [0.1, 0.15) is 17.3 Å². The molecule has 0 bridgehead atoms. The van der Waals surface area contributed by atoms with Gasteiger partial charge >= 0.3 is 0 Å². The predicted molar refractivity (Wildman–Crippen MR) is 103 cm³/mol. The van der Waals surface area contributed by atoms with E-state index < -0.39 is 0 Å². The van der Waals surface area contributed by atoms with Crippen LogP contribution in [0.2, 0.25) is 0 Å². The summed E-state index contributed by atoms with van der Waals surface area (Å²) in [6.45, 7) is 1.96. The maximum Gasteiger partial charge on any atom is 0.275 e. The molecule has 0 unspecified atom stereocenters. The lowest BCUT2D eigenvalue weighted by molar-refractivity contribution is 0.102. The third-order valence-corrected chi connectivity index (χ3v) is 4.69. The Bertz CT molecular complexity index is 738. The summed E-state index contributed by atoms with van der Waals surface area (Å²) in [5.74, 6) is 1.03. The molecule has 1 aromatic carbocycles. The first kappa shape index (κ1) is 18.2. The molecule has 2 aromatic rings. The fourth-order valence-corrected chi connectivity index (χ4v) is 3.26. The number of benzene rings is 1. The summed E-state index contributed by atoms with van der Waals surface area (Å²) in [5, 5.41) is 6.28. The van der Waals surface area contributed by atoms with E-state index >= 15 is 0 Å². The average Bonchev–Trinajstić information content (AvgIpc) is 2.91. The average molecular weight is 354 g/mol. The molecule has 1 amide bonds. The van der Waals surface area contributed by atoms with E-state index in [2.05, 4.69) is 20.6 Å². The smallest absolute Gasteiger partial charge is 0.275 e. The highest BCUT2D eigenvalue weighted by Gasteiger charge is 2.14. The van der Waals surface area contributed by atoms with E-state index in [1.165, 1.54) is 31.9 Å². The van der Waals surface area contributed by atoms with E-state index in [4.69, 9.17) is 4.74 Å². The van der Waals surface area contributed by atoms with E-state index in [0.717, 1.165) is 24.2 Å². The highest BCUT2D eigenvalue weighted by molar-refractivity contribution is 6.03. The topological polar surface area (TPSA) is 76.1 Å². The SMILES string of the molecule is COc1ccc(C)cc1NC(=O)c1cnc(NC2CCCCCC2)cn1. The number of nitrogens with zero attached hydrogens (tertiary/aromatic N) is 2. The molecule has 0 aliphatic heterocycles. The quantitative estimate of drug-likeness (QED) is 0.788. The lowest BCUT2D eigenvalue weighted by Crippen LogP contribution is -2.20. The molecule has 1 fully saturated rings. The molecule has 1 aliphatic carbocycles. The van der Waals surface area contributed by atoms with E-state index in [9.17, 15) is 4.79 Å². The van der Waals surface area contributed by atoms with Crippen molar-refractivity contribution in [2.45, 2.75) is 51.5 Å². The Labute approximate surface area is 154 Å². The van der Waals surface area contributed by atoms with Crippen LogP contribution >= 0.6 is 0 Å². The van der Waals surface area contributed by atoms with Gasteiger partial charge in [0.05, 0.1) is 25.2 Å². The van der Waals surface area contributed by atoms with Crippen molar-refractivity contribution in [3.8, 4) is 5.75 Å². The van der Waals surface area contributed by atoms with Crippen LogP contribution < -0.4 is 15.4 Å². The van der Waals surface area contributed by atoms with Gasteiger partial charge in [0, 0.05) is 6.04 Å². The molecule has 0 saturated heterocycles. The van der Waals surface area contributed by atoms with Crippen LogP contribution in [-0.4, -0.2) is 29.0 Å². The van der Waals surface area contributed by atoms with Crippen LogP contribution in [0.5, 0.6) is 5.75 Å². The molecule has 6 nitrogen and oxygen atoms in total. The number of anilines is 2. The Morgan fingerprint density at radius 2 is 1.88 bits per heavy atom. The largest absolute Gasteiger partial charge is 0.495 e. The van der Waals surface area contributed by atoms with Gasteiger partial charge in [0.2, 0.25) is 0 Å². The Kier molecular flexibility index (Phi) is 6.04. The monoisotopic (exact) mass is 354 g/mol. The Hall–Kier alpha value is -2.63. The van der Waals surface area contributed by atoms with Crippen LogP contribution in [0.1, 0.15) is 54.6 Å². The van der Waals surface area contributed by atoms with Crippen LogP contribution in [0.25, 0.3) is 0 Å². The summed E-state index contributed by atoms with van der Waals surface area (Å²) in [4.78, 5) is 21.1. The number of amides is 1. The number of methoxy groups -OCH3 is 1. The van der Waals surface area contributed by atoms with Gasteiger partial charge in [0.15, 0.2) is 0 Å². The minimum absolute atomic E-state index is 0.278. The number of ether oxygens (including phenoxy) is 1. The second-order valence-corrected chi connectivity index (χ2v) is 6.78. The van der Waals surface area contributed by atoms with Crippen LogP contribution in [0.4, 0.5) is 11.5 Å². The first-order valence-corrected chi connectivity index (χ1v) is 9.20. The van der Waals surface area contributed by atoms with Crippen molar-refractivity contribution < 1.29 is 9.53 Å². The zero-order valence-electron chi connectivity index (χ0n) is 15.4. The molecule has 26 heavy (non-hydrogen) atoms. The van der Waals surface area contributed by atoms with Crippen molar-refractivity contribution >= 4 is 17.4 Å².